The van der Waals surface area contributed by atoms with E-state index in [-0.39, 0.29) is 5.69 Å². The zero-order valence-corrected chi connectivity index (χ0v) is 14.5. The molecule has 3 aromatic rings. The molecule has 8 heteroatoms. The molecule has 0 radical (unpaired) electrons. The molecule has 0 atom stereocenters. The quantitative estimate of drug-likeness (QED) is 0.648. The summed E-state index contributed by atoms with van der Waals surface area (Å²) in [6.45, 7) is 0.543. The van der Waals surface area contributed by atoms with Crippen molar-refractivity contribution in [1.82, 2.24) is 15.0 Å². The number of hydrogen-bond acceptors (Lipinski definition) is 7. The van der Waals surface area contributed by atoms with Crippen LogP contribution in [0.4, 0.5) is 11.5 Å². The van der Waals surface area contributed by atoms with Crippen LogP contribution in [0.1, 0.15) is 26.4 Å². The molecule has 0 saturated carbocycles. The molecule has 27 heavy (non-hydrogen) atoms. The number of amides is 1. The molecule has 0 bridgehead atoms. The second-order valence-corrected chi connectivity index (χ2v) is 5.52. The van der Waals surface area contributed by atoms with E-state index in [1.54, 1.807) is 36.7 Å². The summed E-state index contributed by atoms with van der Waals surface area (Å²) in [5.74, 6) is -0.364. The largest absolute Gasteiger partial charge is 0.465 e. The molecule has 0 saturated heterocycles. The van der Waals surface area contributed by atoms with Gasteiger partial charge in [0.2, 0.25) is 0 Å². The van der Waals surface area contributed by atoms with E-state index in [4.69, 9.17) is 0 Å². The lowest BCUT2D eigenvalue weighted by molar-refractivity contribution is 0.0600. The lowest BCUT2D eigenvalue weighted by atomic mass is 10.2. The number of esters is 1. The first-order chi connectivity index (χ1) is 13.2. The van der Waals surface area contributed by atoms with E-state index in [0.29, 0.717) is 23.6 Å². The van der Waals surface area contributed by atoms with Crippen LogP contribution in [0.5, 0.6) is 0 Å². The van der Waals surface area contributed by atoms with Crippen LogP contribution in [0, 0.1) is 0 Å². The summed E-state index contributed by atoms with van der Waals surface area (Å²) >= 11 is 0. The minimum absolute atomic E-state index is 0.200. The number of anilines is 2. The number of pyridine rings is 1. The molecule has 0 spiro atoms. The first-order valence-electron chi connectivity index (χ1n) is 8.10. The van der Waals surface area contributed by atoms with Gasteiger partial charge in [0, 0.05) is 30.7 Å². The van der Waals surface area contributed by atoms with Crippen LogP contribution in [0.2, 0.25) is 0 Å². The number of methoxy groups -OCH3 is 1. The first kappa shape index (κ1) is 18.0. The third-order valence-corrected chi connectivity index (χ3v) is 3.66. The smallest absolute Gasteiger partial charge is 0.337 e. The van der Waals surface area contributed by atoms with Crippen LogP contribution in [-0.4, -0.2) is 33.9 Å². The van der Waals surface area contributed by atoms with E-state index in [9.17, 15) is 9.59 Å². The number of ether oxygens (including phenoxy) is 1. The van der Waals surface area contributed by atoms with Crippen LogP contribution in [-0.2, 0) is 11.3 Å². The standard InChI is InChI=1S/C19H17N5O3/c1-27-19(26)14-3-2-4-15(9-14)24-18(25)16-10-17(23-12-22-16)21-11-13-5-7-20-8-6-13/h2-10,12H,11H2,1H3,(H,24,25)(H,21,22,23). The van der Waals surface area contributed by atoms with Gasteiger partial charge in [-0.2, -0.15) is 0 Å². The minimum Gasteiger partial charge on any atom is -0.465 e. The fourth-order valence-corrected chi connectivity index (χ4v) is 2.31. The van der Waals surface area contributed by atoms with Crippen LogP contribution in [0.3, 0.4) is 0 Å². The number of nitrogens with zero attached hydrogens (tertiary/aromatic N) is 3. The van der Waals surface area contributed by atoms with Gasteiger partial charge in [0.25, 0.3) is 5.91 Å². The molecular weight excluding hydrogens is 346 g/mol. The van der Waals surface area contributed by atoms with Gasteiger partial charge in [-0.3, -0.25) is 9.78 Å². The number of carbonyl (C=O) groups is 2. The van der Waals surface area contributed by atoms with Crippen molar-refractivity contribution in [2.45, 2.75) is 6.54 Å². The predicted molar refractivity (Wildman–Crippen MR) is 99.3 cm³/mol. The highest BCUT2D eigenvalue weighted by Crippen LogP contribution is 2.14. The second kappa shape index (κ2) is 8.52. The maximum absolute atomic E-state index is 12.4. The van der Waals surface area contributed by atoms with E-state index in [0.717, 1.165) is 5.56 Å². The van der Waals surface area contributed by atoms with Crippen molar-refractivity contribution in [1.29, 1.82) is 0 Å². The van der Waals surface area contributed by atoms with Crippen molar-refractivity contribution in [3.05, 3.63) is 78.0 Å². The average Bonchev–Trinajstić information content (AvgIpc) is 2.73. The Labute approximate surface area is 155 Å². The summed E-state index contributed by atoms with van der Waals surface area (Å²) < 4.78 is 4.68. The van der Waals surface area contributed by atoms with Gasteiger partial charge in [-0.15, -0.1) is 0 Å². The summed E-state index contributed by atoms with van der Waals surface area (Å²) in [6, 6.07) is 11.8. The van der Waals surface area contributed by atoms with Gasteiger partial charge in [0.1, 0.15) is 17.8 Å². The Bertz CT molecular complexity index is 947. The van der Waals surface area contributed by atoms with Gasteiger partial charge >= 0.3 is 5.97 Å². The van der Waals surface area contributed by atoms with Gasteiger partial charge in [-0.05, 0) is 35.9 Å². The molecule has 2 heterocycles. The third-order valence-electron chi connectivity index (χ3n) is 3.66. The molecule has 1 amide bonds. The van der Waals surface area contributed by atoms with Gasteiger partial charge in [0.15, 0.2) is 0 Å². The number of benzene rings is 1. The van der Waals surface area contributed by atoms with Crippen molar-refractivity contribution in [3.63, 3.8) is 0 Å². The second-order valence-electron chi connectivity index (χ2n) is 5.52. The summed E-state index contributed by atoms with van der Waals surface area (Å²) in [7, 11) is 1.30. The fourth-order valence-electron chi connectivity index (χ4n) is 2.31. The van der Waals surface area contributed by atoms with Crippen LogP contribution in [0.15, 0.2) is 61.2 Å². The normalized spacial score (nSPS) is 10.1. The molecule has 2 N–H and O–H groups in total. The number of hydrogen-bond donors (Lipinski definition) is 2. The Kier molecular flexibility index (Phi) is 5.68. The molecule has 0 fully saturated rings. The van der Waals surface area contributed by atoms with E-state index >= 15 is 0 Å². The lowest BCUT2D eigenvalue weighted by Crippen LogP contribution is -2.15. The molecule has 0 unspecified atom stereocenters. The third kappa shape index (κ3) is 4.85. The van der Waals surface area contributed by atoms with E-state index in [2.05, 4.69) is 30.3 Å². The first-order valence-corrected chi connectivity index (χ1v) is 8.10. The predicted octanol–water partition coefficient (Wildman–Crippen LogP) is 2.52. The van der Waals surface area contributed by atoms with Crippen LogP contribution in [0.25, 0.3) is 0 Å². The highest BCUT2D eigenvalue weighted by molar-refractivity contribution is 6.03. The maximum Gasteiger partial charge on any atom is 0.337 e. The number of carbonyl (C=O) groups excluding carboxylic acids is 2. The highest BCUT2D eigenvalue weighted by atomic mass is 16.5. The maximum atomic E-state index is 12.4. The highest BCUT2D eigenvalue weighted by Gasteiger charge is 2.11. The molecule has 8 nitrogen and oxygen atoms in total. The van der Waals surface area contributed by atoms with Crippen molar-refractivity contribution < 1.29 is 14.3 Å². The van der Waals surface area contributed by atoms with Gasteiger partial charge in [-0.1, -0.05) is 6.07 Å². The summed E-state index contributed by atoms with van der Waals surface area (Å²) in [6.07, 6.45) is 4.73. The summed E-state index contributed by atoms with van der Waals surface area (Å²) in [5, 5.41) is 5.84. The molecule has 0 aliphatic rings. The zero-order chi connectivity index (χ0) is 19.1. The molecular formula is C19H17N5O3. The lowest BCUT2D eigenvalue weighted by Gasteiger charge is -2.08. The SMILES string of the molecule is COC(=O)c1cccc(NC(=O)c2cc(NCc3ccncc3)ncn2)c1. The number of rotatable bonds is 6. The number of nitrogens with one attached hydrogen (secondary N) is 2. The molecule has 2 aromatic heterocycles. The zero-order valence-electron chi connectivity index (χ0n) is 14.5. The van der Waals surface area contributed by atoms with E-state index in [1.807, 2.05) is 12.1 Å². The van der Waals surface area contributed by atoms with Gasteiger partial charge in [0.05, 0.1) is 12.7 Å². The number of aromatic nitrogens is 3. The Balaban J connectivity index is 1.67. The Morgan fingerprint density at radius 1 is 1.07 bits per heavy atom. The Morgan fingerprint density at radius 2 is 1.89 bits per heavy atom. The fraction of sp³-hybridized carbons (Fsp3) is 0.105. The minimum atomic E-state index is -0.476. The van der Waals surface area contributed by atoms with Crippen molar-refractivity contribution >= 4 is 23.4 Å². The van der Waals surface area contributed by atoms with Crippen molar-refractivity contribution in [2.75, 3.05) is 17.7 Å². The average molecular weight is 363 g/mol. The molecule has 3 rings (SSSR count). The van der Waals surface area contributed by atoms with Gasteiger partial charge < -0.3 is 15.4 Å². The molecule has 136 valence electrons. The van der Waals surface area contributed by atoms with Crippen molar-refractivity contribution in [2.24, 2.45) is 0 Å². The summed E-state index contributed by atoms with van der Waals surface area (Å²) in [4.78, 5) is 36.1. The molecule has 0 aliphatic heterocycles. The molecule has 0 aliphatic carbocycles. The van der Waals surface area contributed by atoms with E-state index in [1.165, 1.54) is 19.5 Å². The van der Waals surface area contributed by atoms with E-state index < -0.39 is 11.9 Å². The van der Waals surface area contributed by atoms with Crippen LogP contribution < -0.4 is 10.6 Å². The summed E-state index contributed by atoms with van der Waals surface area (Å²) in [5.41, 5.74) is 2.05. The van der Waals surface area contributed by atoms with Crippen molar-refractivity contribution in [3.8, 4) is 0 Å². The monoisotopic (exact) mass is 363 g/mol. The Morgan fingerprint density at radius 3 is 2.67 bits per heavy atom. The Hall–Kier alpha value is -3.81. The van der Waals surface area contributed by atoms with Crippen LogP contribution >= 0.6 is 0 Å². The topological polar surface area (TPSA) is 106 Å². The van der Waals surface area contributed by atoms with Gasteiger partial charge in [-0.25, -0.2) is 14.8 Å². The molecule has 1 aromatic carbocycles.